The van der Waals surface area contributed by atoms with E-state index < -0.39 is 0 Å². The normalized spacial score (nSPS) is 14.1. The number of hydrogen-bond donors (Lipinski definition) is 0. The van der Waals surface area contributed by atoms with Crippen molar-refractivity contribution in [3.63, 3.8) is 0 Å². The molecule has 0 radical (unpaired) electrons. The number of rotatable bonds is 5. The maximum absolute atomic E-state index is 12.5. The van der Waals surface area contributed by atoms with E-state index in [-0.39, 0.29) is 12.4 Å². The molecule has 1 heterocycles. The van der Waals surface area contributed by atoms with Crippen LogP contribution >= 0.6 is 27.5 Å². The van der Waals surface area contributed by atoms with Gasteiger partial charge in [0.2, 0.25) is 5.78 Å². The van der Waals surface area contributed by atoms with Crippen molar-refractivity contribution in [1.29, 1.82) is 0 Å². The fourth-order valence-corrected chi connectivity index (χ4v) is 4.07. The van der Waals surface area contributed by atoms with Crippen LogP contribution in [0.4, 0.5) is 0 Å². The van der Waals surface area contributed by atoms with Gasteiger partial charge in [-0.05, 0) is 57.4 Å². The number of carbonyl (C=O) groups is 1. The lowest BCUT2D eigenvalue weighted by Crippen LogP contribution is -2.13. The fourth-order valence-electron chi connectivity index (χ4n) is 3.04. The Balaban J connectivity index is 1.77. The predicted octanol–water partition coefficient (Wildman–Crippen LogP) is 5.43. The van der Waals surface area contributed by atoms with E-state index in [1.807, 2.05) is 26.0 Å². The molecule has 0 amide bonds. The minimum absolute atomic E-state index is 0.00283. The van der Waals surface area contributed by atoms with E-state index >= 15 is 0 Å². The van der Waals surface area contributed by atoms with Crippen LogP contribution in [0.25, 0.3) is 0 Å². The van der Waals surface area contributed by atoms with Crippen molar-refractivity contribution in [2.24, 2.45) is 0 Å². The Kier molecular flexibility index (Phi) is 4.56. The largest absolute Gasteiger partial charge is 0.484 e. The number of Topliss-reactive ketones (excluding diaryl/α,β-unsaturated/α-hetero) is 1. The Hall–Kier alpha value is -1.26. The number of halogens is 2. The number of benzene rings is 1. The number of hydrogen-bond acceptors (Lipinski definition) is 2. The molecule has 23 heavy (non-hydrogen) atoms. The molecule has 0 unspecified atom stereocenters. The van der Waals surface area contributed by atoms with Crippen molar-refractivity contribution in [1.82, 2.24) is 4.57 Å². The molecule has 122 valence electrons. The first-order chi connectivity index (χ1) is 10.9. The highest BCUT2D eigenvalue weighted by molar-refractivity contribution is 9.10. The molecule has 5 heteroatoms. The molecule has 1 aromatic heterocycles. The first-order valence-corrected chi connectivity index (χ1v) is 8.85. The Morgan fingerprint density at radius 1 is 1.30 bits per heavy atom. The second-order valence-corrected chi connectivity index (χ2v) is 7.45. The van der Waals surface area contributed by atoms with Crippen molar-refractivity contribution in [3.8, 4) is 5.75 Å². The van der Waals surface area contributed by atoms with E-state index in [0.717, 1.165) is 27.0 Å². The lowest BCUT2D eigenvalue weighted by Gasteiger charge is -2.11. The van der Waals surface area contributed by atoms with Crippen LogP contribution in [-0.2, 0) is 0 Å². The summed E-state index contributed by atoms with van der Waals surface area (Å²) in [6, 6.07) is 6.23. The second kappa shape index (κ2) is 6.33. The summed E-state index contributed by atoms with van der Waals surface area (Å²) in [5.74, 6) is 0.558. The summed E-state index contributed by atoms with van der Waals surface area (Å²) in [4.78, 5) is 12.5. The number of ketones is 1. The molecule has 0 spiro atoms. The second-order valence-electron chi connectivity index (χ2n) is 6.13. The van der Waals surface area contributed by atoms with Crippen LogP contribution in [0.3, 0.4) is 0 Å². The van der Waals surface area contributed by atoms with Crippen molar-refractivity contribution in [2.45, 2.75) is 39.7 Å². The summed E-state index contributed by atoms with van der Waals surface area (Å²) in [6.07, 6.45) is 2.41. The third kappa shape index (κ3) is 3.33. The topological polar surface area (TPSA) is 31.2 Å². The number of carbonyl (C=O) groups excluding carboxylic acids is 1. The van der Waals surface area contributed by atoms with Gasteiger partial charge in [-0.1, -0.05) is 27.5 Å². The highest BCUT2D eigenvalue weighted by Crippen LogP contribution is 2.38. The van der Waals surface area contributed by atoms with E-state index in [4.69, 9.17) is 16.3 Å². The van der Waals surface area contributed by atoms with Crippen LogP contribution < -0.4 is 4.74 Å². The molecule has 1 saturated carbocycles. The molecule has 1 aliphatic carbocycles. The number of aromatic nitrogens is 1. The highest BCUT2D eigenvalue weighted by Gasteiger charge is 2.28. The average Bonchev–Trinajstić information content (AvgIpc) is 3.23. The van der Waals surface area contributed by atoms with Gasteiger partial charge < -0.3 is 9.30 Å². The number of nitrogens with zero attached hydrogens (tertiary/aromatic N) is 1. The molecule has 0 bridgehead atoms. The van der Waals surface area contributed by atoms with Gasteiger partial charge in [0.1, 0.15) is 5.75 Å². The van der Waals surface area contributed by atoms with Gasteiger partial charge in [-0.3, -0.25) is 4.79 Å². The molecular weight excluding hydrogens is 378 g/mol. The van der Waals surface area contributed by atoms with Crippen LogP contribution in [0, 0.1) is 20.8 Å². The zero-order valence-electron chi connectivity index (χ0n) is 13.5. The van der Waals surface area contributed by atoms with Gasteiger partial charge in [0.05, 0.1) is 5.02 Å². The average molecular weight is 397 g/mol. The molecular formula is C18H19BrClNO2. The quantitative estimate of drug-likeness (QED) is 0.631. The molecule has 0 aliphatic heterocycles. The summed E-state index contributed by atoms with van der Waals surface area (Å²) < 4.78 is 8.87. The van der Waals surface area contributed by atoms with Crippen LogP contribution in [0.2, 0.25) is 5.02 Å². The SMILES string of the molecule is Cc1cc(Br)cc(Cl)c1OCC(=O)c1cc(C)n(C2CC2)c1C. The van der Waals surface area contributed by atoms with E-state index in [0.29, 0.717) is 16.8 Å². The minimum Gasteiger partial charge on any atom is -0.484 e. The van der Waals surface area contributed by atoms with E-state index in [2.05, 4.69) is 27.4 Å². The van der Waals surface area contributed by atoms with E-state index in [9.17, 15) is 4.79 Å². The standard InChI is InChI=1S/C18H19BrClNO2/c1-10-6-13(19)8-16(20)18(10)23-9-17(22)15-7-11(2)21(12(15)3)14-4-5-14/h6-8,14H,4-5,9H2,1-3H3. The van der Waals surface area contributed by atoms with Gasteiger partial charge in [-0.2, -0.15) is 0 Å². The summed E-state index contributed by atoms with van der Waals surface area (Å²) in [7, 11) is 0. The first-order valence-electron chi connectivity index (χ1n) is 7.68. The highest BCUT2D eigenvalue weighted by atomic mass is 79.9. The summed E-state index contributed by atoms with van der Waals surface area (Å²) in [5.41, 5.74) is 3.84. The van der Waals surface area contributed by atoms with Gasteiger partial charge in [-0.25, -0.2) is 0 Å². The van der Waals surface area contributed by atoms with E-state index in [1.165, 1.54) is 12.8 Å². The Morgan fingerprint density at radius 3 is 2.61 bits per heavy atom. The Morgan fingerprint density at radius 2 is 2.00 bits per heavy atom. The van der Waals surface area contributed by atoms with Crippen LogP contribution in [0.1, 0.15) is 46.2 Å². The molecule has 1 fully saturated rings. The van der Waals surface area contributed by atoms with Crippen LogP contribution in [0.15, 0.2) is 22.7 Å². The van der Waals surface area contributed by atoms with Gasteiger partial charge in [0.25, 0.3) is 0 Å². The van der Waals surface area contributed by atoms with Gasteiger partial charge >= 0.3 is 0 Å². The molecule has 0 atom stereocenters. The zero-order valence-corrected chi connectivity index (χ0v) is 15.8. The Labute approximate surface area is 149 Å². The monoisotopic (exact) mass is 395 g/mol. The van der Waals surface area contributed by atoms with Crippen molar-refractivity contribution in [2.75, 3.05) is 6.61 Å². The maximum atomic E-state index is 12.5. The molecule has 3 nitrogen and oxygen atoms in total. The summed E-state index contributed by atoms with van der Waals surface area (Å²) >= 11 is 9.60. The molecule has 3 rings (SSSR count). The lowest BCUT2D eigenvalue weighted by molar-refractivity contribution is 0.0920. The van der Waals surface area contributed by atoms with Crippen LogP contribution in [-0.4, -0.2) is 17.0 Å². The van der Waals surface area contributed by atoms with Gasteiger partial charge in [0.15, 0.2) is 6.61 Å². The fraction of sp³-hybridized carbons (Fsp3) is 0.389. The lowest BCUT2D eigenvalue weighted by atomic mass is 10.1. The molecule has 0 saturated heterocycles. The third-order valence-corrected chi connectivity index (χ3v) is 4.98. The van der Waals surface area contributed by atoms with E-state index in [1.54, 1.807) is 6.07 Å². The number of aryl methyl sites for hydroxylation is 2. The molecule has 0 N–H and O–H groups in total. The van der Waals surface area contributed by atoms with Crippen LogP contribution in [0.5, 0.6) is 5.75 Å². The molecule has 1 aliphatic rings. The van der Waals surface area contributed by atoms with Crippen molar-refractivity contribution >= 4 is 33.3 Å². The molecule has 2 aromatic rings. The summed E-state index contributed by atoms with van der Waals surface area (Å²) in [6.45, 7) is 5.97. The third-order valence-electron chi connectivity index (χ3n) is 4.24. The zero-order chi connectivity index (χ0) is 16.7. The predicted molar refractivity (Wildman–Crippen MR) is 95.9 cm³/mol. The summed E-state index contributed by atoms with van der Waals surface area (Å²) in [5, 5.41) is 0.508. The number of ether oxygens (including phenoxy) is 1. The molecule has 1 aromatic carbocycles. The maximum Gasteiger partial charge on any atom is 0.202 e. The smallest absolute Gasteiger partial charge is 0.202 e. The van der Waals surface area contributed by atoms with Gasteiger partial charge in [0, 0.05) is 27.5 Å². The van der Waals surface area contributed by atoms with Gasteiger partial charge in [-0.15, -0.1) is 0 Å². The van der Waals surface area contributed by atoms with Crippen molar-refractivity contribution in [3.05, 3.63) is 50.2 Å². The first kappa shape index (κ1) is 16.6. The van der Waals surface area contributed by atoms with Crippen molar-refractivity contribution < 1.29 is 9.53 Å². The Bertz CT molecular complexity index is 755. The minimum atomic E-state index is -0.0108.